The van der Waals surface area contributed by atoms with Crippen LogP contribution in [0.3, 0.4) is 0 Å². The highest BCUT2D eigenvalue weighted by atomic mass is 32.2. The van der Waals surface area contributed by atoms with Gasteiger partial charge in [-0.3, -0.25) is 4.98 Å². The molecule has 0 fully saturated rings. The first-order valence-electron chi connectivity index (χ1n) is 11.4. The number of carbonyl (C=O) groups excluding carboxylic acids is 2. The Hall–Kier alpha value is -3.31. The molecule has 0 aliphatic carbocycles. The van der Waals surface area contributed by atoms with Crippen LogP contribution in [0.1, 0.15) is 29.3 Å². The second kappa shape index (κ2) is 13.7. The van der Waals surface area contributed by atoms with Gasteiger partial charge in [0.15, 0.2) is 5.16 Å². The minimum atomic E-state index is -0.750. The van der Waals surface area contributed by atoms with Gasteiger partial charge < -0.3 is 24.2 Å². The molecule has 0 saturated heterocycles. The van der Waals surface area contributed by atoms with E-state index in [2.05, 4.69) is 4.98 Å². The number of aromatic nitrogens is 3. The summed E-state index contributed by atoms with van der Waals surface area (Å²) in [5, 5.41) is 7.56. The van der Waals surface area contributed by atoms with Crippen molar-refractivity contribution in [2.24, 2.45) is 0 Å². The predicted molar refractivity (Wildman–Crippen MR) is 139 cm³/mol. The van der Waals surface area contributed by atoms with Crippen LogP contribution in [0.15, 0.2) is 29.6 Å². The Balaban J connectivity index is 0.00000222. The maximum Gasteiger partial charge on any atom is 0.508 e. The van der Waals surface area contributed by atoms with E-state index in [4.69, 9.17) is 24.3 Å². The molecule has 0 spiro atoms. The average Bonchev–Trinajstić information content (AvgIpc) is 3.22. The molecule has 0 bridgehead atoms. The highest BCUT2D eigenvalue weighted by Gasteiger charge is 2.22. The first-order valence-corrected chi connectivity index (χ1v) is 12.4. The van der Waals surface area contributed by atoms with Crippen molar-refractivity contribution in [3.63, 3.8) is 0 Å². The van der Waals surface area contributed by atoms with E-state index in [0.29, 0.717) is 16.4 Å². The van der Waals surface area contributed by atoms with Crippen LogP contribution < -0.4 is 4.74 Å². The molecule has 0 radical (unpaired) electrons. The third-order valence-corrected chi connectivity index (χ3v) is 6.24. The number of nitrogens with zero attached hydrogens (tertiary/aromatic N) is 4. The van der Waals surface area contributed by atoms with E-state index in [1.165, 1.54) is 16.7 Å². The third-order valence-electron chi connectivity index (χ3n) is 5.29. The first kappa shape index (κ1) is 28.9. The van der Waals surface area contributed by atoms with Gasteiger partial charge in [-0.1, -0.05) is 17.8 Å². The van der Waals surface area contributed by atoms with Gasteiger partial charge in [-0.05, 0) is 45.4 Å². The Morgan fingerprint density at radius 3 is 2.56 bits per heavy atom. The summed E-state index contributed by atoms with van der Waals surface area (Å²) in [6, 6.07) is 5.52. The minimum absolute atomic E-state index is 0.0293. The lowest BCUT2D eigenvalue weighted by Crippen LogP contribution is -2.34. The molecule has 11 heteroatoms. The van der Waals surface area contributed by atoms with E-state index >= 15 is 0 Å². The van der Waals surface area contributed by atoms with Crippen molar-refractivity contribution in [2.75, 3.05) is 41.0 Å². The summed E-state index contributed by atoms with van der Waals surface area (Å²) in [5.74, 6) is 1.33. The number of hydrogen-bond acceptors (Lipinski definition) is 9. The second-order valence-corrected chi connectivity index (χ2v) is 8.73. The number of ether oxygens (including phenoxy) is 3. The maximum atomic E-state index is 13.4. The van der Waals surface area contributed by atoms with Gasteiger partial charge in [0, 0.05) is 37.2 Å². The lowest BCUT2D eigenvalue weighted by atomic mass is 10.1. The van der Waals surface area contributed by atoms with Gasteiger partial charge in [-0.2, -0.15) is 0 Å². The Kier molecular flexibility index (Phi) is 11.0. The van der Waals surface area contributed by atoms with Crippen molar-refractivity contribution in [2.45, 2.75) is 38.6 Å². The number of thioether (sulfide) groups is 1. The quantitative estimate of drug-likeness (QED) is 0.343. The van der Waals surface area contributed by atoms with Gasteiger partial charge in [0.1, 0.15) is 12.4 Å². The monoisotopic (exact) mass is 518 g/mol. The van der Waals surface area contributed by atoms with Crippen molar-refractivity contribution in [3.8, 4) is 5.75 Å². The number of rotatable bonds is 8. The van der Waals surface area contributed by atoms with Crippen LogP contribution in [0.2, 0.25) is 0 Å². The van der Waals surface area contributed by atoms with Gasteiger partial charge in [-0.15, -0.1) is 0 Å². The predicted octanol–water partition coefficient (Wildman–Crippen LogP) is 4.34. The smallest absolute Gasteiger partial charge is 0.496 e. The van der Waals surface area contributed by atoms with Gasteiger partial charge in [-0.25, -0.2) is 19.1 Å². The molecule has 2 heterocycles. The first-order chi connectivity index (χ1) is 17.3. The SMILES string of the molecule is CCOC(=O)OCCN(C)C(=O)n1c(SCc2ncc(C)c(OC)c2C)nc2cc(C)ccc21.CO. The van der Waals surface area contributed by atoms with Crippen LogP contribution in [-0.4, -0.2) is 77.8 Å². The molecule has 36 heavy (non-hydrogen) atoms. The van der Waals surface area contributed by atoms with Crippen LogP contribution in [0.5, 0.6) is 5.75 Å². The number of pyridine rings is 1. The fraction of sp³-hybridized carbons (Fsp3) is 0.440. The van der Waals surface area contributed by atoms with E-state index in [9.17, 15) is 9.59 Å². The highest BCUT2D eigenvalue weighted by molar-refractivity contribution is 7.98. The summed E-state index contributed by atoms with van der Waals surface area (Å²) in [7, 11) is 4.30. The van der Waals surface area contributed by atoms with Crippen molar-refractivity contribution in [3.05, 3.63) is 46.8 Å². The molecule has 3 rings (SSSR count). The van der Waals surface area contributed by atoms with Crippen LogP contribution >= 0.6 is 11.8 Å². The summed E-state index contributed by atoms with van der Waals surface area (Å²) in [4.78, 5) is 35.6. The Labute approximate surface area is 215 Å². The van der Waals surface area contributed by atoms with E-state index in [0.717, 1.165) is 40.8 Å². The standard InChI is InChI=1S/C24H30N4O5S.CH4O/c1-7-32-24(30)33-11-10-27(5)23(29)28-20-9-8-15(2)12-18(20)26-22(28)34-14-19-17(4)21(31-6)16(3)13-25-19;1-2/h8-9,12-13H,7,10-11,14H2,1-6H3;2H,1H3. The zero-order chi connectivity index (χ0) is 26.8. The molecule has 1 amide bonds. The Bertz CT molecular complexity index is 1200. The maximum absolute atomic E-state index is 13.4. The second-order valence-electron chi connectivity index (χ2n) is 7.79. The molecule has 0 unspecified atom stereocenters. The normalized spacial score (nSPS) is 10.4. The lowest BCUT2D eigenvalue weighted by Gasteiger charge is -2.19. The van der Waals surface area contributed by atoms with Crippen molar-refractivity contribution in [1.29, 1.82) is 0 Å². The molecule has 0 aliphatic heterocycles. The summed E-state index contributed by atoms with van der Waals surface area (Å²) in [6.45, 7) is 8.09. The lowest BCUT2D eigenvalue weighted by molar-refractivity contribution is 0.0550. The molecule has 0 saturated carbocycles. The minimum Gasteiger partial charge on any atom is -0.496 e. The van der Waals surface area contributed by atoms with Gasteiger partial charge in [0.25, 0.3) is 0 Å². The zero-order valence-electron chi connectivity index (χ0n) is 21.8. The van der Waals surface area contributed by atoms with Gasteiger partial charge >= 0.3 is 12.2 Å². The highest BCUT2D eigenvalue weighted by Crippen LogP contribution is 2.31. The number of fused-ring (bicyclic) bond motifs is 1. The summed E-state index contributed by atoms with van der Waals surface area (Å²) in [6.07, 6.45) is 1.04. The molecule has 2 aromatic heterocycles. The number of hydrogen-bond donors (Lipinski definition) is 1. The topological polar surface area (TPSA) is 116 Å². The van der Waals surface area contributed by atoms with Crippen molar-refractivity contribution in [1.82, 2.24) is 19.4 Å². The van der Waals surface area contributed by atoms with E-state index in [1.807, 2.05) is 39.0 Å². The zero-order valence-corrected chi connectivity index (χ0v) is 22.6. The van der Waals surface area contributed by atoms with E-state index in [-0.39, 0.29) is 25.8 Å². The molecule has 0 aliphatic rings. The fourth-order valence-electron chi connectivity index (χ4n) is 3.49. The Morgan fingerprint density at radius 1 is 1.17 bits per heavy atom. The average molecular weight is 519 g/mol. The molecule has 10 nitrogen and oxygen atoms in total. The van der Waals surface area contributed by atoms with E-state index in [1.54, 1.807) is 31.8 Å². The number of methoxy groups -OCH3 is 1. The number of aryl methyl sites for hydroxylation is 2. The number of carbonyl (C=O) groups is 2. The summed E-state index contributed by atoms with van der Waals surface area (Å²) >= 11 is 1.43. The largest absolute Gasteiger partial charge is 0.508 e. The van der Waals surface area contributed by atoms with Gasteiger partial charge in [0.2, 0.25) is 0 Å². The summed E-state index contributed by atoms with van der Waals surface area (Å²) < 4.78 is 16.9. The Morgan fingerprint density at radius 2 is 1.89 bits per heavy atom. The fourth-order valence-corrected chi connectivity index (χ4v) is 4.52. The molecule has 1 aromatic carbocycles. The molecular weight excluding hydrogens is 484 g/mol. The van der Waals surface area contributed by atoms with Crippen LogP contribution in [-0.2, 0) is 15.2 Å². The number of aliphatic hydroxyl groups is 1. The third kappa shape index (κ3) is 6.88. The van der Waals surface area contributed by atoms with Crippen molar-refractivity contribution >= 4 is 35.0 Å². The van der Waals surface area contributed by atoms with Crippen molar-refractivity contribution < 1.29 is 28.9 Å². The van der Waals surface area contributed by atoms with E-state index < -0.39 is 6.16 Å². The number of benzene rings is 1. The number of likely N-dealkylation sites (N-methyl/N-ethyl adjacent to an activating group) is 1. The van der Waals surface area contributed by atoms with Crippen LogP contribution in [0.25, 0.3) is 11.0 Å². The summed E-state index contributed by atoms with van der Waals surface area (Å²) in [5.41, 5.74) is 5.30. The molecule has 1 N–H and O–H groups in total. The molecular formula is C25H34N4O6S. The van der Waals surface area contributed by atoms with Crippen LogP contribution in [0.4, 0.5) is 9.59 Å². The number of aliphatic hydroxyl groups excluding tert-OH is 1. The molecule has 0 atom stereocenters. The molecule has 3 aromatic rings. The van der Waals surface area contributed by atoms with Gasteiger partial charge in [0.05, 0.1) is 37.0 Å². The number of imidazole rings is 1. The number of amides is 1. The molecule has 196 valence electrons. The van der Waals surface area contributed by atoms with Crippen LogP contribution in [0, 0.1) is 20.8 Å².